The zero-order valence-corrected chi connectivity index (χ0v) is 17.3. The highest BCUT2D eigenvalue weighted by atomic mass is 32.1. The van der Waals surface area contributed by atoms with Crippen molar-refractivity contribution in [1.29, 1.82) is 0 Å². The Labute approximate surface area is 179 Å². The standard InChI is InChI=1S/C24H22N2O3S/c1-15-21(27)6-3-7-22(15)29-13-16-8-10-17(11-9-16)23(28)19-5-2-4-18(12-19)20-14-30-24(25)26-20/h2-12,14,23,27-28H,13H2,1H3,(H2,25,26). The van der Waals surface area contributed by atoms with Crippen molar-refractivity contribution in [2.75, 3.05) is 5.73 Å². The van der Waals surface area contributed by atoms with E-state index < -0.39 is 6.10 Å². The quantitative estimate of drug-likeness (QED) is 0.407. The fraction of sp³-hybridized carbons (Fsp3) is 0.125. The van der Waals surface area contributed by atoms with Crippen LogP contribution in [0.2, 0.25) is 0 Å². The first kappa shape index (κ1) is 19.9. The summed E-state index contributed by atoms with van der Waals surface area (Å²) in [5, 5.41) is 23.0. The summed E-state index contributed by atoms with van der Waals surface area (Å²) in [5.41, 5.74) is 10.7. The minimum Gasteiger partial charge on any atom is -0.508 e. The molecule has 1 heterocycles. The highest BCUT2D eigenvalue weighted by molar-refractivity contribution is 7.13. The Morgan fingerprint density at radius 1 is 1.03 bits per heavy atom. The van der Waals surface area contributed by atoms with Crippen LogP contribution in [-0.2, 0) is 6.61 Å². The maximum Gasteiger partial charge on any atom is 0.180 e. The van der Waals surface area contributed by atoms with Gasteiger partial charge >= 0.3 is 0 Å². The van der Waals surface area contributed by atoms with E-state index in [1.54, 1.807) is 12.1 Å². The fourth-order valence-electron chi connectivity index (χ4n) is 3.20. The maximum atomic E-state index is 10.8. The normalized spacial score (nSPS) is 11.9. The molecule has 0 saturated carbocycles. The average molecular weight is 419 g/mol. The third-order valence-corrected chi connectivity index (χ3v) is 5.64. The number of anilines is 1. The van der Waals surface area contributed by atoms with E-state index in [2.05, 4.69) is 4.98 Å². The van der Waals surface area contributed by atoms with Crippen molar-refractivity contribution in [1.82, 2.24) is 4.98 Å². The molecule has 4 rings (SSSR count). The first-order valence-corrected chi connectivity index (χ1v) is 10.4. The Bertz CT molecular complexity index is 1160. The Hall–Kier alpha value is -3.35. The van der Waals surface area contributed by atoms with Gasteiger partial charge in [0, 0.05) is 16.5 Å². The van der Waals surface area contributed by atoms with Gasteiger partial charge in [0.2, 0.25) is 0 Å². The number of aromatic nitrogens is 1. The molecule has 0 radical (unpaired) electrons. The average Bonchev–Trinajstić information content (AvgIpc) is 3.21. The molecule has 4 aromatic rings. The van der Waals surface area contributed by atoms with Crippen molar-refractivity contribution in [3.8, 4) is 22.8 Å². The number of ether oxygens (including phenoxy) is 1. The lowest BCUT2D eigenvalue weighted by molar-refractivity contribution is 0.220. The molecular formula is C24H22N2O3S. The van der Waals surface area contributed by atoms with E-state index in [1.165, 1.54) is 11.3 Å². The molecule has 1 aromatic heterocycles. The minimum atomic E-state index is -0.746. The number of nitrogens with two attached hydrogens (primary N) is 1. The number of phenols is 1. The van der Waals surface area contributed by atoms with Crippen LogP contribution in [-0.4, -0.2) is 15.2 Å². The summed E-state index contributed by atoms with van der Waals surface area (Å²) in [4.78, 5) is 4.31. The van der Waals surface area contributed by atoms with Crippen molar-refractivity contribution in [3.05, 3.63) is 94.4 Å². The molecule has 0 aliphatic heterocycles. The van der Waals surface area contributed by atoms with Crippen LogP contribution >= 0.6 is 11.3 Å². The second-order valence-electron chi connectivity index (χ2n) is 7.03. The topological polar surface area (TPSA) is 88.6 Å². The van der Waals surface area contributed by atoms with E-state index in [-0.39, 0.29) is 5.75 Å². The van der Waals surface area contributed by atoms with Gasteiger partial charge in [-0.25, -0.2) is 4.98 Å². The second kappa shape index (κ2) is 8.57. The first-order chi connectivity index (χ1) is 14.5. The Morgan fingerprint density at radius 3 is 2.53 bits per heavy atom. The van der Waals surface area contributed by atoms with E-state index in [0.29, 0.717) is 23.1 Å². The molecule has 0 bridgehead atoms. The molecule has 6 heteroatoms. The number of nitrogens with zero attached hydrogens (tertiary/aromatic N) is 1. The third-order valence-electron chi connectivity index (χ3n) is 4.97. The first-order valence-electron chi connectivity index (χ1n) is 9.51. The monoisotopic (exact) mass is 418 g/mol. The van der Waals surface area contributed by atoms with E-state index in [4.69, 9.17) is 10.5 Å². The van der Waals surface area contributed by atoms with Gasteiger partial charge in [0.25, 0.3) is 0 Å². The number of benzene rings is 3. The van der Waals surface area contributed by atoms with Crippen molar-refractivity contribution in [2.24, 2.45) is 0 Å². The zero-order chi connectivity index (χ0) is 21.1. The lowest BCUT2D eigenvalue weighted by Crippen LogP contribution is -2.01. The number of nitrogen functional groups attached to an aromatic ring is 1. The van der Waals surface area contributed by atoms with Crippen LogP contribution in [0.3, 0.4) is 0 Å². The molecule has 1 atom stereocenters. The summed E-state index contributed by atoms with van der Waals surface area (Å²) in [7, 11) is 0. The molecule has 30 heavy (non-hydrogen) atoms. The lowest BCUT2D eigenvalue weighted by atomic mass is 9.98. The zero-order valence-electron chi connectivity index (χ0n) is 16.4. The summed E-state index contributed by atoms with van der Waals surface area (Å²) >= 11 is 1.39. The second-order valence-corrected chi connectivity index (χ2v) is 7.92. The van der Waals surface area contributed by atoms with Gasteiger partial charge in [-0.1, -0.05) is 48.5 Å². The highest BCUT2D eigenvalue weighted by Gasteiger charge is 2.13. The van der Waals surface area contributed by atoms with Crippen LogP contribution in [0.15, 0.2) is 72.1 Å². The molecule has 5 nitrogen and oxygen atoms in total. The summed E-state index contributed by atoms with van der Waals surface area (Å²) in [6.07, 6.45) is -0.746. The number of thiazole rings is 1. The largest absolute Gasteiger partial charge is 0.508 e. The molecular weight excluding hydrogens is 396 g/mol. The molecule has 0 amide bonds. The van der Waals surface area contributed by atoms with E-state index in [0.717, 1.165) is 27.9 Å². The van der Waals surface area contributed by atoms with Crippen LogP contribution in [0, 0.1) is 6.92 Å². The number of phenolic OH excluding ortho intramolecular Hbond substituents is 1. The third kappa shape index (κ3) is 4.30. The molecule has 3 aromatic carbocycles. The van der Waals surface area contributed by atoms with Gasteiger partial charge < -0.3 is 20.7 Å². The number of aliphatic hydroxyl groups excluding tert-OH is 1. The van der Waals surface area contributed by atoms with Gasteiger partial charge in [0.15, 0.2) is 5.13 Å². The van der Waals surface area contributed by atoms with Gasteiger partial charge in [-0.2, -0.15) is 0 Å². The van der Waals surface area contributed by atoms with Crippen LogP contribution in [0.4, 0.5) is 5.13 Å². The van der Waals surface area contributed by atoms with Crippen LogP contribution < -0.4 is 10.5 Å². The van der Waals surface area contributed by atoms with Crippen LogP contribution in [0.1, 0.15) is 28.4 Å². The predicted molar refractivity (Wildman–Crippen MR) is 120 cm³/mol. The molecule has 0 saturated heterocycles. The van der Waals surface area contributed by atoms with E-state index in [9.17, 15) is 10.2 Å². The smallest absolute Gasteiger partial charge is 0.180 e. The van der Waals surface area contributed by atoms with Gasteiger partial charge in [0.05, 0.1) is 5.69 Å². The molecule has 1 unspecified atom stereocenters. The number of rotatable bonds is 6. The fourth-order valence-corrected chi connectivity index (χ4v) is 3.77. The van der Waals surface area contributed by atoms with Crippen molar-refractivity contribution in [3.63, 3.8) is 0 Å². The molecule has 0 fully saturated rings. The van der Waals surface area contributed by atoms with Crippen molar-refractivity contribution >= 4 is 16.5 Å². The number of aromatic hydroxyl groups is 1. The maximum absolute atomic E-state index is 10.8. The lowest BCUT2D eigenvalue weighted by Gasteiger charge is -2.14. The highest BCUT2D eigenvalue weighted by Crippen LogP contribution is 2.29. The number of hydrogen-bond donors (Lipinski definition) is 3. The van der Waals surface area contributed by atoms with Gasteiger partial charge in [0.1, 0.15) is 24.2 Å². The molecule has 0 spiro atoms. The summed E-state index contributed by atoms with van der Waals surface area (Å²) in [6.45, 7) is 2.19. The molecule has 4 N–H and O–H groups in total. The van der Waals surface area contributed by atoms with Gasteiger partial charge in [-0.15, -0.1) is 11.3 Å². The van der Waals surface area contributed by atoms with Gasteiger partial charge in [-0.3, -0.25) is 0 Å². The molecule has 0 aliphatic carbocycles. The number of aliphatic hydroxyl groups is 1. The molecule has 152 valence electrons. The van der Waals surface area contributed by atoms with Crippen molar-refractivity contribution in [2.45, 2.75) is 19.6 Å². The van der Waals surface area contributed by atoms with Gasteiger partial charge in [-0.05, 0) is 41.8 Å². The molecule has 0 aliphatic rings. The minimum absolute atomic E-state index is 0.216. The van der Waals surface area contributed by atoms with Crippen LogP contribution in [0.5, 0.6) is 11.5 Å². The van der Waals surface area contributed by atoms with Crippen molar-refractivity contribution < 1.29 is 14.9 Å². The van der Waals surface area contributed by atoms with Crippen LogP contribution in [0.25, 0.3) is 11.3 Å². The Morgan fingerprint density at radius 2 is 1.80 bits per heavy atom. The van der Waals surface area contributed by atoms with E-state index >= 15 is 0 Å². The number of hydrogen-bond acceptors (Lipinski definition) is 6. The van der Waals surface area contributed by atoms with E-state index in [1.807, 2.05) is 66.9 Å². The SMILES string of the molecule is Cc1c(O)cccc1OCc1ccc(C(O)c2cccc(-c3csc(N)n3)c2)cc1. The Kier molecular flexibility index (Phi) is 5.70. The Balaban J connectivity index is 1.47. The summed E-state index contributed by atoms with van der Waals surface area (Å²) in [6, 6.07) is 20.6. The summed E-state index contributed by atoms with van der Waals surface area (Å²) < 4.78 is 5.82. The summed E-state index contributed by atoms with van der Waals surface area (Å²) in [5.74, 6) is 0.868. The predicted octanol–water partition coefficient (Wildman–Crippen LogP) is 5.07.